The number of amides is 2. The van der Waals surface area contributed by atoms with Crippen LogP contribution in [0.1, 0.15) is 17.3 Å². The summed E-state index contributed by atoms with van der Waals surface area (Å²) in [6, 6.07) is 14.2. The van der Waals surface area contributed by atoms with Gasteiger partial charge in [0.2, 0.25) is 0 Å². The molecule has 0 heterocycles. The quantitative estimate of drug-likeness (QED) is 0.850. The van der Waals surface area contributed by atoms with Gasteiger partial charge in [0.25, 0.3) is 11.8 Å². The van der Waals surface area contributed by atoms with E-state index in [9.17, 15) is 14.0 Å². The number of rotatable bonds is 4. The second-order valence-electron chi connectivity index (χ2n) is 4.50. The molecule has 1 atom stereocenters. The molecule has 0 saturated carbocycles. The molecule has 0 radical (unpaired) electrons. The number of hydrogen-bond donors (Lipinski definition) is 2. The average Bonchev–Trinajstić information content (AvgIpc) is 2.55. The van der Waals surface area contributed by atoms with Crippen LogP contribution in [0.15, 0.2) is 54.6 Å². The summed E-state index contributed by atoms with van der Waals surface area (Å²) in [4.78, 5) is 23.6. The van der Waals surface area contributed by atoms with E-state index in [2.05, 4.69) is 10.9 Å². The van der Waals surface area contributed by atoms with Crippen LogP contribution in [0.5, 0.6) is 5.75 Å². The lowest BCUT2D eigenvalue weighted by Gasteiger charge is -2.15. The summed E-state index contributed by atoms with van der Waals surface area (Å²) in [5, 5.41) is 0. The van der Waals surface area contributed by atoms with Crippen LogP contribution in [-0.2, 0) is 4.79 Å². The first-order valence-electron chi connectivity index (χ1n) is 6.64. The maximum absolute atomic E-state index is 13.4. The van der Waals surface area contributed by atoms with Crippen LogP contribution in [0.3, 0.4) is 0 Å². The van der Waals surface area contributed by atoms with Crippen molar-refractivity contribution in [1.82, 2.24) is 10.9 Å². The molecule has 2 aromatic carbocycles. The zero-order chi connectivity index (χ0) is 15.9. The van der Waals surface area contributed by atoms with Gasteiger partial charge in [0.05, 0.1) is 0 Å². The molecule has 0 bridgehead atoms. The first-order valence-corrected chi connectivity index (χ1v) is 6.64. The smallest absolute Gasteiger partial charge is 0.279 e. The third-order valence-electron chi connectivity index (χ3n) is 2.84. The summed E-state index contributed by atoms with van der Waals surface area (Å²) < 4.78 is 18.6. The standard InChI is InChI=1S/C16H15FN2O3/c1-11(22-14-10-6-5-9-13(14)17)15(20)18-19-16(21)12-7-3-2-4-8-12/h2-11H,1H3,(H,18,20)(H,19,21)/t11-/m1/s1. The Morgan fingerprint density at radius 2 is 1.64 bits per heavy atom. The minimum absolute atomic E-state index is 0.0282. The van der Waals surface area contributed by atoms with E-state index in [1.165, 1.54) is 25.1 Å². The van der Waals surface area contributed by atoms with Crippen molar-refractivity contribution >= 4 is 11.8 Å². The summed E-state index contributed by atoms with van der Waals surface area (Å²) in [6.07, 6.45) is -0.965. The lowest BCUT2D eigenvalue weighted by Crippen LogP contribution is -2.47. The Hall–Kier alpha value is -2.89. The Morgan fingerprint density at radius 1 is 1.00 bits per heavy atom. The van der Waals surface area contributed by atoms with Crippen molar-refractivity contribution in [3.05, 3.63) is 66.0 Å². The molecule has 0 saturated heterocycles. The summed E-state index contributed by atoms with van der Waals surface area (Å²) >= 11 is 0. The highest BCUT2D eigenvalue weighted by Gasteiger charge is 2.17. The molecule has 0 aliphatic rings. The first-order chi connectivity index (χ1) is 10.6. The van der Waals surface area contributed by atoms with Crippen LogP contribution >= 0.6 is 0 Å². The lowest BCUT2D eigenvalue weighted by molar-refractivity contribution is -0.128. The largest absolute Gasteiger partial charge is 0.478 e. The van der Waals surface area contributed by atoms with Crippen molar-refractivity contribution in [3.8, 4) is 5.75 Å². The fourth-order valence-corrected chi connectivity index (χ4v) is 1.67. The molecule has 6 heteroatoms. The second kappa shape index (κ2) is 7.21. The Balaban J connectivity index is 1.87. The van der Waals surface area contributed by atoms with Crippen molar-refractivity contribution < 1.29 is 18.7 Å². The number of carbonyl (C=O) groups excluding carboxylic acids is 2. The predicted molar refractivity (Wildman–Crippen MR) is 78.5 cm³/mol. The Kier molecular flexibility index (Phi) is 5.08. The van der Waals surface area contributed by atoms with Crippen LogP contribution in [0, 0.1) is 5.82 Å². The van der Waals surface area contributed by atoms with Crippen molar-refractivity contribution in [2.75, 3.05) is 0 Å². The monoisotopic (exact) mass is 302 g/mol. The number of benzene rings is 2. The van der Waals surface area contributed by atoms with Gasteiger partial charge in [0.1, 0.15) is 0 Å². The molecule has 114 valence electrons. The minimum Gasteiger partial charge on any atom is -0.478 e. The molecular formula is C16H15FN2O3. The van der Waals surface area contributed by atoms with Gasteiger partial charge in [-0.3, -0.25) is 20.4 Å². The van der Waals surface area contributed by atoms with E-state index in [4.69, 9.17) is 4.74 Å². The van der Waals surface area contributed by atoms with Gasteiger partial charge >= 0.3 is 0 Å². The third kappa shape index (κ3) is 4.05. The van der Waals surface area contributed by atoms with Gasteiger partial charge in [0.15, 0.2) is 17.7 Å². The predicted octanol–water partition coefficient (Wildman–Crippen LogP) is 2.05. The lowest BCUT2D eigenvalue weighted by atomic mass is 10.2. The summed E-state index contributed by atoms with van der Waals surface area (Å²) in [5.41, 5.74) is 4.91. The topological polar surface area (TPSA) is 67.4 Å². The fraction of sp³-hybridized carbons (Fsp3) is 0.125. The molecule has 2 aromatic rings. The number of halogens is 1. The van der Waals surface area contributed by atoms with E-state index in [-0.39, 0.29) is 5.75 Å². The van der Waals surface area contributed by atoms with Gasteiger partial charge in [-0.2, -0.15) is 0 Å². The van der Waals surface area contributed by atoms with Crippen molar-refractivity contribution in [2.24, 2.45) is 0 Å². The van der Waals surface area contributed by atoms with E-state index < -0.39 is 23.7 Å². The van der Waals surface area contributed by atoms with Gasteiger partial charge in [-0.15, -0.1) is 0 Å². The zero-order valence-electron chi connectivity index (χ0n) is 11.9. The maximum atomic E-state index is 13.4. The molecule has 0 aliphatic carbocycles. The number of ether oxygens (including phenoxy) is 1. The molecule has 22 heavy (non-hydrogen) atoms. The summed E-state index contributed by atoms with van der Waals surface area (Å²) in [6.45, 7) is 1.45. The molecule has 0 fully saturated rings. The van der Waals surface area contributed by atoms with E-state index in [1.807, 2.05) is 0 Å². The molecule has 2 rings (SSSR count). The van der Waals surface area contributed by atoms with Gasteiger partial charge in [-0.05, 0) is 31.2 Å². The van der Waals surface area contributed by atoms with Gasteiger partial charge in [-0.25, -0.2) is 4.39 Å². The average molecular weight is 302 g/mol. The molecule has 0 spiro atoms. The number of para-hydroxylation sites is 1. The van der Waals surface area contributed by atoms with Crippen molar-refractivity contribution in [2.45, 2.75) is 13.0 Å². The molecule has 0 aliphatic heterocycles. The maximum Gasteiger partial charge on any atom is 0.279 e. The Labute approximate surface area is 127 Å². The van der Waals surface area contributed by atoms with E-state index >= 15 is 0 Å². The second-order valence-corrected chi connectivity index (χ2v) is 4.50. The SMILES string of the molecule is C[C@@H](Oc1ccccc1F)C(=O)NNC(=O)c1ccccc1. The third-order valence-corrected chi connectivity index (χ3v) is 2.84. The van der Waals surface area contributed by atoms with E-state index in [0.717, 1.165) is 0 Å². The van der Waals surface area contributed by atoms with Gasteiger partial charge < -0.3 is 4.74 Å². The number of nitrogens with one attached hydrogen (secondary N) is 2. The fourth-order valence-electron chi connectivity index (χ4n) is 1.67. The Morgan fingerprint density at radius 3 is 2.32 bits per heavy atom. The molecule has 0 aromatic heterocycles. The van der Waals surface area contributed by atoms with Crippen LogP contribution in [0.2, 0.25) is 0 Å². The highest BCUT2D eigenvalue weighted by molar-refractivity contribution is 5.95. The molecule has 2 amide bonds. The normalized spacial score (nSPS) is 11.4. The van der Waals surface area contributed by atoms with E-state index in [0.29, 0.717) is 5.56 Å². The number of hydrazine groups is 1. The summed E-state index contributed by atoms with van der Waals surface area (Å²) in [7, 11) is 0. The van der Waals surface area contributed by atoms with Crippen molar-refractivity contribution in [1.29, 1.82) is 0 Å². The number of carbonyl (C=O) groups is 2. The van der Waals surface area contributed by atoms with Crippen molar-refractivity contribution in [3.63, 3.8) is 0 Å². The molecular weight excluding hydrogens is 287 g/mol. The van der Waals surface area contributed by atoms with Crippen LogP contribution < -0.4 is 15.6 Å². The van der Waals surface area contributed by atoms with Gasteiger partial charge in [0, 0.05) is 5.56 Å². The van der Waals surface area contributed by atoms with Crippen LogP contribution in [-0.4, -0.2) is 17.9 Å². The minimum atomic E-state index is -0.965. The van der Waals surface area contributed by atoms with Crippen LogP contribution in [0.25, 0.3) is 0 Å². The van der Waals surface area contributed by atoms with Crippen LogP contribution in [0.4, 0.5) is 4.39 Å². The first kappa shape index (κ1) is 15.5. The van der Waals surface area contributed by atoms with E-state index in [1.54, 1.807) is 36.4 Å². The highest BCUT2D eigenvalue weighted by Crippen LogP contribution is 2.16. The molecule has 5 nitrogen and oxygen atoms in total. The number of hydrogen-bond acceptors (Lipinski definition) is 3. The van der Waals surface area contributed by atoms with Gasteiger partial charge in [-0.1, -0.05) is 30.3 Å². The Bertz CT molecular complexity index is 661. The molecule has 0 unspecified atom stereocenters. The summed E-state index contributed by atoms with van der Waals surface area (Å²) in [5.74, 6) is -1.63. The highest BCUT2D eigenvalue weighted by atomic mass is 19.1. The molecule has 2 N–H and O–H groups in total. The zero-order valence-corrected chi connectivity index (χ0v) is 11.9.